The quantitative estimate of drug-likeness (QED) is 0.286. The molecule has 38 heavy (non-hydrogen) atoms. The van der Waals surface area contributed by atoms with Crippen LogP contribution >= 0.6 is 0 Å². The second-order valence-electron chi connectivity index (χ2n) is 11.0. The van der Waals surface area contributed by atoms with Crippen LogP contribution in [0.1, 0.15) is 66.7 Å². The first-order valence-corrected chi connectivity index (χ1v) is 14.4. The Morgan fingerprint density at radius 2 is 1.87 bits per heavy atom. The molecule has 8 heteroatoms. The van der Waals surface area contributed by atoms with Gasteiger partial charge in [0.25, 0.3) is 0 Å². The summed E-state index contributed by atoms with van der Waals surface area (Å²) in [7, 11) is 4.20. The Labute approximate surface area is 230 Å². The van der Waals surface area contributed by atoms with E-state index >= 15 is 0 Å². The normalized spacial score (nSPS) is 20.9. The van der Waals surface area contributed by atoms with E-state index in [9.17, 15) is 9.59 Å². The molecule has 0 bridgehead atoms. The van der Waals surface area contributed by atoms with Gasteiger partial charge in [-0.15, -0.1) is 0 Å². The third-order valence-corrected chi connectivity index (χ3v) is 7.36. The first-order valence-electron chi connectivity index (χ1n) is 14.4. The molecule has 8 nitrogen and oxygen atoms in total. The zero-order chi connectivity index (χ0) is 27.8. The van der Waals surface area contributed by atoms with Gasteiger partial charge in [-0.3, -0.25) is 14.6 Å². The third kappa shape index (κ3) is 7.08. The number of hydrazine groups is 1. The predicted octanol–water partition coefficient (Wildman–Crippen LogP) is 4.05. The summed E-state index contributed by atoms with van der Waals surface area (Å²) in [6, 6.07) is 0.0359. The highest BCUT2D eigenvalue weighted by molar-refractivity contribution is 5.88. The number of nitrogens with one attached hydrogen (secondary N) is 1. The number of likely N-dealkylation sites (N-methyl/N-ethyl adjacent to an activating group) is 1. The van der Waals surface area contributed by atoms with E-state index in [4.69, 9.17) is 4.74 Å². The van der Waals surface area contributed by atoms with Gasteiger partial charge in [-0.2, -0.15) is 0 Å². The molecule has 0 spiro atoms. The van der Waals surface area contributed by atoms with Gasteiger partial charge in [-0.25, -0.2) is 5.01 Å². The van der Waals surface area contributed by atoms with Crippen molar-refractivity contribution in [1.82, 2.24) is 25.1 Å². The molecule has 212 valence electrons. The van der Waals surface area contributed by atoms with Crippen molar-refractivity contribution >= 4 is 12.2 Å². The van der Waals surface area contributed by atoms with Crippen LogP contribution in [0.25, 0.3) is 0 Å². The van der Waals surface area contributed by atoms with Crippen molar-refractivity contribution in [3.05, 3.63) is 46.1 Å². The third-order valence-electron chi connectivity index (χ3n) is 7.36. The van der Waals surface area contributed by atoms with Crippen molar-refractivity contribution < 1.29 is 14.3 Å². The topological polar surface area (TPSA) is 68.4 Å². The maximum absolute atomic E-state index is 13.0. The minimum Gasteiger partial charge on any atom is -0.384 e. The highest BCUT2D eigenvalue weighted by atomic mass is 16.5. The lowest BCUT2D eigenvalue weighted by Gasteiger charge is -2.38. The largest absolute Gasteiger partial charge is 0.384 e. The SMILES string of the molecule is CCCNC(=C1CC1)/C(C=O)=C(\CCC)N1C(N(C)CC(C)C)=C(/C=C/C(=O)N2CCOCC2)C(C)N1C. The Morgan fingerprint density at radius 1 is 1.18 bits per heavy atom. The summed E-state index contributed by atoms with van der Waals surface area (Å²) in [4.78, 5) is 29.9. The fraction of sp³-hybridized carbons (Fsp3) is 0.667. The molecule has 0 radical (unpaired) electrons. The molecule has 0 aromatic heterocycles. The first kappa shape index (κ1) is 30.0. The van der Waals surface area contributed by atoms with E-state index in [0.29, 0.717) is 32.2 Å². The molecule has 3 aliphatic rings. The number of allylic oxidation sites excluding steroid dienone is 3. The van der Waals surface area contributed by atoms with E-state index in [0.717, 1.165) is 79.8 Å². The lowest BCUT2D eigenvalue weighted by atomic mass is 10.1. The van der Waals surface area contributed by atoms with Crippen LogP contribution in [0.4, 0.5) is 0 Å². The summed E-state index contributed by atoms with van der Waals surface area (Å²) in [5.74, 6) is 1.51. The van der Waals surface area contributed by atoms with Gasteiger partial charge in [0.2, 0.25) is 5.91 Å². The fourth-order valence-electron chi connectivity index (χ4n) is 5.27. The lowest BCUT2D eigenvalue weighted by molar-refractivity contribution is -0.130. The van der Waals surface area contributed by atoms with Crippen molar-refractivity contribution in [2.24, 2.45) is 5.92 Å². The molecule has 1 saturated carbocycles. The van der Waals surface area contributed by atoms with Crippen molar-refractivity contribution in [2.45, 2.75) is 72.8 Å². The number of ether oxygens (including phenoxy) is 1. The molecule has 1 amide bonds. The van der Waals surface area contributed by atoms with Gasteiger partial charge >= 0.3 is 0 Å². The maximum Gasteiger partial charge on any atom is 0.246 e. The highest BCUT2D eigenvalue weighted by Gasteiger charge is 2.38. The maximum atomic E-state index is 13.0. The highest BCUT2D eigenvalue weighted by Crippen LogP contribution is 2.40. The monoisotopic (exact) mass is 527 g/mol. The van der Waals surface area contributed by atoms with Crippen LogP contribution in [0, 0.1) is 5.92 Å². The second kappa shape index (κ2) is 14.0. The van der Waals surface area contributed by atoms with Gasteiger partial charge in [0.1, 0.15) is 5.82 Å². The van der Waals surface area contributed by atoms with Gasteiger partial charge in [0.05, 0.1) is 24.8 Å². The second-order valence-corrected chi connectivity index (χ2v) is 11.0. The molecule has 0 aromatic rings. The van der Waals surface area contributed by atoms with E-state index in [-0.39, 0.29) is 11.9 Å². The van der Waals surface area contributed by atoms with Crippen LogP contribution < -0.4 is 5.32 Å². The first-order chi connectivity index (χ1) is 18.2. The van der Waals surface area contributed by atoms with Crippen LogP contribution in [0.2, 0.25) is 0 Å². The van der Waals surface area contributed by atoms with Crippen LogP contribution in [-0.4, -0.2) is 91.5 Å². The number of carbonyl (C=O) groups excluding carboxylic acids is 2. The molecule has 1 aliphatic carbocycles. The zero-order valence-electron chi connectivity index (χ0n) is 24.7. The van der Waals surface area contributed by atoms with Crippen molar-refractivity contribution in [2.75, 3.05) is 53.5 Å². The number of hydrogen-bond acceptors (Lipinski definition) is 7. The van der Waals surface area contributed by atoms with Crippen LogP contribution in [0.15, 0.2) is 46.1 Å². The van der Waals surface area contributed by atoms with E-state index in [1.807, 2.05) is 11.0 Å². The average molecular weight is 528 g/mol. The summed E-state index contributed by atoms with van der Waals surface area (Å²) in [6.07, 6.45) is 9.53. The van der Waals surface area contributed by atoms with Crippen molar-refractivity contribution in [3.8, 4) is 0 Å². The number of carbonyl (C=O) groups is 2. The standard InChI is InChI=1S/C30H49N5O3/c1-8-10-27(26(21-36)29(24-11-12-24)31-15-9-2)35-30(32(6)20-22(3)4)25(23(5)33(35)7)13-14-28(37)34-16-18-38-19-17-34/h13-14,21-23,31H,8-12,15-20H2,1-7H3/b14-13+,27-26+. The number of rotatable bonds is 13. The van der Waals surface area contributed by atoms with Gasteiger partial charge in [0.15, 0.2) is 6.29 Å². The molecular formula is C30H49N5O3. The Morgan fingerprint density at radius 3 is 2.42 bits per heavy atom. The smallest absolute Gasteiger partial charge is 0.246 e. The Hall–Kier alpha value is -2.58. The molecular weight excluding hydrogens is 478 g/mol. The van der Waals surface area contributed by atoms with Crippen LogP contribution in [-0.2, 0) is 14.3 Å². The number of hydrogen-bond donors (Lipinski definition) is 1. The Kier molecular flexibility index (Phi) is 11.0. The number of aldehydes is 1. The van der Waals surface area contributed by atoms with Crippen molar-refractivity contribution in [1.29, 1.82) is 0 Å². The van der Waals surface area contributed by atoms with E-state index in [2.05, 4.69) is 68.9 Å². The number of morpholine rings is 1. The van der Waals surface area contributed by atoms with Gasteiger partial charge in [-0.05, 0) is 50.2 Å². The number of amides is 1. The minimum atomic E-state index is 0.0161. The molecule has 1 saturated heterocycles. The predicted molar refractivity (Wildman–Crippen MR) is 153 cm³/mol. The summed E-state index contributed by atoms with van der Waals surface area (Å²) in [5.41, 5.74) is 5.21. The Balaban J connectivity index is 2.12. The minimum absolute atomic E-state index is 0.0161. The Bertz CT molecular complexity index is 968. The molecule has 0 aromatic carbocycles. The van der Waals surface area contributed by atoms with Gasteiger partial charge in [0, 0.05) is 63.3 Å². The molecule has 2 fully saturated rings. The van der Waals surface area contributed by atoms with Crippen molar-refractivity contribution in [3.63, 3.8) is 0 Å². The van der Waals surface area contributed by atoms with E-state index < -0.39 is 0 Å². The molecule has 2 heterocycles. The van der Waals surface area contributed by atoms with Gasteiger partial charge < -0.3 is 19.9 Å². The summed E-state index contributed by atoms with van der Waals surface area (Å²) < 4.78 is 5.42. The summed E-state index contributed by atoms with van der Waals surface area (Å²) in [6.45, 7) is 15.0. The summed E-state index contributed by atoms with van der Waals surface area (Å²) in [5, 5.41) is 8.04. The van der Waals surface area contributed by atoms with Gasteiger partial charge in [-0.1, -0.05) is 34.1 Å². The number of nitrogens with zero attached hydrogens (tertiary/aromatic N) is 4. The van der Waals surface area contributed by atoms with E-state index in [1.54, 1.807) is 6.08 Å². The molecule has 1 atom stereocenters. The van der Waals surface area contributed by atoms with Crippen LogP contribution in [0.5, 0.6) is 0 Å². The zero-order valence-corrected chi connectivity index (χ0v) is 24.7. The molecule has 1 unspecified atom stereocenters. The molecule has 1 N–H and O–H groups in total. The molecule has 2 aliphatic heterocycles. The lowest BCUT2D eigenvalue weighted by Crippen LogP contribution is -2.42. The summed E-state index contributed by atoms with van der Waals surface area (Å²) >= 11 is 0. The van der Waals surface area contributed by atoms with E-state index in [1.165, 1.54) is 5.57 Å². The molecule has 3 rings (SSSR count). The fourth-order valence-corrected chi connectivity index (χ4v) is 5.27. The average Bonchev–Trinajstić information content (AvgIpc) is 3.71. The van der Waals surface area contributed by atoms with Crippen LogP contribution in [0.3, 0.4) is 0 Å².